The number of aliphatic hydroxyl groups is 3. The zero-order valence-electron chi connectivity index (χ0n) is 9.33. The molecule has 1 saturated heterocycles. The molecule has 1 aliphatic heterocycles. The summed E-state index contributed by atoms with van der Waals surface area (Å²) in [6.07, 6.45) is -10.2. The van der Waals surface area contributed by atoms with Gasteiger partial charge in [0.05, 0.1) is 0 Å². The Morgan fingerprint density at radius 1 is 1.17 bits per heavy atom. The van der Waals surface area contributed by atoms with Gasteiger partial charge in [0.1, 0.15) is 18.3 Å². The van der Waals surface area contributed by atoms with Crippen LogP contribution in [0.2, 0.25) is 0 Å². The average molecular weight is 266 g/mol. The van der Waals surface area contributed by atoms with Crippen LogP contribution in [0.4, 0.5) is 0 Å². The Balaban J connectivity index is 2.87. The van der Waals surface area contributed by atoms with E-state index in [4.69, 9.17) is 20.1 Å². The Morgan fingerprint density at radius 3 is 2.17 bits per heavy atom. The smallest absolute Gasteiger partial charge is 0.335 e. The summed E-state index contributed by atoms with van der Waals surface area (Å²) >= 11 is 0. The first-order chi connectivity index (χ1) is 8.25. The first-order valence-corrected chi connectivity index (χ1v) is 5.06. The number of carboxylic acid groups (broad SMARTS) is 2. The van der Waals surface area contributed by atoms with Gasteiger partial charge < -0.3 is 35.0 Å². The molecule has 0 aromatic heterocycles. The zero-order chi connectivity index (χ0) is 14.0. The number of hydrogen-bond donors (Lipinski definition) is 5. The fourth-order valence-electron chi connectivity index (χ4n) is 1.49. The minimum atomic E-state index is -1.89. The van der Waals surface area contributed by atoms with E-state index < -0.39 is 48.7 Å². The lowest BCUT2D eigenvalue weighted by Gasteiger charge is -2.39. The van der Waals surface area contributed by atoms with Gasteiger partial charge in [0, 0.05) is 0 Å². The molecule has 1 rings (SSSR count). The van der Waals surface area contributed by atoms with Crippen LogP contribution in [0.15, 0.2) is 0 Å². The molecule has 18 heavy (non-hydrogen) atoms. The Labute approximate surface area is 101 Å². The number of aliphatic hydroxyl groups excluding tert-OH is 3. The molecule has 0 aliphatic carbocycles. The summed E-state index contributed by atoms with van der Waals surface area (Å²) in [7, 11) is 0. The summed E-state index contributed by atoms with van der Waals surface area (Å²) in [6, 6.07) is 0. The Hall–Kier alpha value is -1.26. The minimum Gasteiger partial charge on any atom is -0.479 e. The number of carbonyl (C=O) groups is 2. The molecular weight excluding hydrogens is 252 g/mol. The lowest BCUT2D eigenvalue weighted by molar-refractivity contribution is -0.291. The van der Waals surface area contributed by atoms with E-state index in [1.165, 1.54) is 0 Å². The van der Waals surface area contributed by atoms with Gasteiger partial charge in [-0.1, -0.05) is 0 Å². The van der Waals surface area contributed by atoms with Gasteiger partial charge in [-0.25, -0.2) is 9.59 Å². The zero-order valence-corrected chi connectivity index (χ0v) is 9.33. The third kappa shape index (κ3) is 2.94. The van der Waals surface area contributed by atoms with Gasteiger partial charge in [-0.2, -0.15) is 0 Å². The predicted molar refractivity (Wildman–Crippen MR) is 52.5 cm³/mol. The largest absolute Gasteiger partial charge is 0.479 e. The highest BCUT2D eigenvalue weighted by Crippen LogP contribution is 2.23. The number of rotatable bonds is 4. The van der Waals surface area contributed by atoms with Gasteiger partial charge >= 0.3 is 11.9 Å². The number of ether oxygens (including phenoxy) is 2. The van der Waals surface area contributed by atoms with Crippen LogP contribution in [-0.2, 0) is 19.1 Å². The van der Waals surface area contributed by atoms with Crippen molar-refractivity contribution in [2.45, 2.75) is 43.7 Å². The summed E-state index contributed by atoms with van der Waals surface area (Å²) in [4.78, 5) is 21.5. The van der Waals surface area contributed by atoms with Crippen LogP contribution in [0.5, 0.6) is 0 Å². The van der Waals surface area contributed by atoms with E-state index in [-0.39, 0.29) is 0 Å². The maximum Gasteiger partial charge on any atom is 0.335 e. The highest BCUT2D eigenvalue weighted by Gasteiger charge is 2.48. The first-order valence-electron chi connectivity index (χ1n) is 5.06. The fourth-order valence-corrected chi connectivity index (χ4v) is 1.49. The molecule has 1 heterocycles. The molecule has 1 aliphatic rings. The maximum absolute atomic E-state index is 10.9. The summed E-state index contributed by atoms with van der Waals surface area (Å²) in [6.45, 7) is 1.13. The molecule has 0 unspecified atom stereocenters. The van der Waals surface area contributed by atoms with Crippen molar-refractivity contribution < 1.29 is 44.6 Å². The van der Waals surface area contributed by atoms with Crippen LogP contribution in [0.1, 0.15) is 6.92 Å². The van der Waals surface area contributed by atoms with Gasteiger partial charge in [-0.15, -0.1) is 0 Å². The molecule has 0 aromatic carbocycles. The second kappa shape index (κ2) is 5.59. The normalized spacial score (nSPS) is 38.1. The molecule has 0 bridgehead atoms. The topological polar surface area (TPSA) is 154 Å². The van der Waals surface area contributed by atoms with Crippen molar-refractivity contribution in [1.82, 2.24) is 0 Å². The van der Waals surface area contributed by atoms with Crippen molar-refractivity contribution in [2.75, 3.05) is 0 Å². The van der Waals surface area contributed by atoms with Crippen molar-refractivity contribution in [1.29, 1.82) is 0 Å². The molecule has 0 radical (unpaired) electrons. The van der Waals surface area contributed by atoms with Crippen LogP contribution >= 0.6 is 0 Å². The van der Waals surface area contributed by atoms with Crippen LogP contribution in [0, 0.1) is 0 Å². The number of carboxylic acids is 2. The molecule has 0 amide bonds. The summed E-state index contributed by atoms with van der Waals surface area (Å²) in [5.74, 6) is -2.92. The molecule has 9 heteroatoms. The Bertz CT molecular complexity index is 330. The summed E-state index contributed by atoms with van der Waals surface area (Å²) in [5.41, 5.74) is 0. The highest BCUT2D eigenvalue weighted by atomic mass is 16.7. The molecule has 6 atom stereocenters. The van der Waals surface area contributed by atoms with Crippen molar-refractivity contribution in [3.05, 3.63) is 0 Å². The number of aliphatic carboxylic acids is 2. The highest BCUT2D eigenvalue weighted by molar-refractivity contribution is 5.74. The molecule has 1 fully saturated rings. The van der Waals surface area contributed by atoms with E-state index in [0.717, 1.165) is 6.92 Å². The van der Waals surface area contributed by atoms with Crippen LogP contribution in [0.25, 0.3) is 0 Å². The lowest BCUT2D eigenvalue weighted by atomic mass is 9.98. The van der Waals surface area contributed by atoms with Crippen LogP contribution < -0.4 is 0 Å². The lowest BCUT2D eigenvalue weighted by Crippen LogP contribution is -2.61. The molecule has 9 nitrogen and oxygen atoms in total. The molecule has 104 valence electrons. The second-order valence-corrected chi connectivity index (χ2v) is 3.85. The SMILES string of the molecule is C[C@@H](O[C@H]1[C@H](O)[C@@H](O)[C@H](O)O[C@@H]1C(=O)O)C(=O)O. The predicted octanol–water partition coefficient (Wildman–Crippen LogP) is -2.63. The van der Waals surface area contributed by atoms with Gasteiger partial charge in [0.25, 0.3) is 0 Å². The van der Waals surface area contributed by atoms with E-state index in [1.54, 1.807) is 0 Å². The first kappa shape index (κ1) is 14.8. The second-order valence-electron chi connectivity index (χ2n) is 3.85. The van der Waals surface area contributed by atoms with Crippen molar-refractivity contribution >= 4 is 11.9 Å². The quantitative estimate of drug-likeness (QED) is 0.367. The maximum atomic E-state index is 10.9. The third-order valence-electron chi connectivity index (χ3n) is 2.52. The molecule has 0 spiro atoms. The van der Waals surface area contributed by atoms with Gasteiger partial charge in [0.2, 0.25) is 0 Å². The standard InChI is InChI=1S/C9H14O9/c1-2(7(12)13)17-5-3(10)4(11)9(16)18-6(5)8(14)15/h2-6,9-11,16H,1H3,(H,12,13)(H,14,15)/t2-,3-,4-,5+,6+,9-/m1/s1. The average Bonchev–Trinajstić information content (AvgIpc) is 2.28. The molecule has 5 N–H and O–H groups in total. The van der Waals surface area contributed by atoms with Crippen molar-refractivity contribution in [3.8, 4) is 0 Å². The molecular formula is C9H14O9. The van der Waals surface area contributed by atoms with E-state index >= 15 is 0 Å². The Kier molecular flexibility index (Phi) is 4.59. The Morgan fingerprint density at radius 2 is 1.72 bits per heavy atom. The van der Waals surface area contributed by atoms with Crippen molar-refractivity contribution in [2.24, 2.45) is 0 Å². The van der Waals surface area contributed by atoms with E-state index in [2.05, 4.69) is 4.74 Å². The van der Waals surface area contributed by atoms with E-state index in [0.29, 0.717) is 0 Å². The number of hydrogen-bond acceptors (Lipinski definition) is 7. The van der Waals surface area contributed by atoms with Gasteiger partial charge in [-0.05, 0) is 6.92 Å². The van der Waals surface area contributed by atoms with Gasteiger partial charge in [-0.3, -0.25) is 0 Å². The molecule has 0 saturated carbocycles. The summed E-state index contributed by atoms with van der Waals surface area (Å²) < 4.78 is 9.38. The van der Waals surface area contributed by atoms with Crippen LogP contribution in [0.3, 0.4) is 0 Å². The van der Waals surface area contributed by atoms with E-state index in [9.17, 15) is 19.8 Å². The van der Waals surface area contributed by atoms with Crippen LogP contribution in [-0.4, -0.2) is 74.3 Å². The van der Waals surface area contributed by atoms with E-state index in [1.807, 2.05) is 0 Å². The van der Waals surface area contributed by atoms with Gasteiger partial charge in [0.15, 0.2) is 18.5 Å². The summed E-state index contributed by atoms with van der Waals surface area (Å²) in [5, 5.41) is 45.5. The minimum absolute atomic E-state index is 1.13. The fraction of sp³-hybridized carbons (Fsp3) is 0.778. The molecule has 0 aromatic rings. The monoisotopic (exact) mass is 266 g/mol. The van der Waals surface area contributed by atoms with Crippen molar-refractivity contribution in [3.63, 3.8) is 0 Å². The third-order valence-corrected chi connectivity index (χ3v) is 2.52.